The van der Waals surface area contributed by atoms with Crippen LogP contribution in [0.5, 0.6) is 5.75 Å². The summed E-state index contributed by atoms with van der Waals surface area (Å²) in [4.78, 5) is 16.2. The summed E-state index contributed by atoms with van der Waals surface area (Å²) < 4.78 is 0. The van der Waals surface area contributed by atoms with Gasteiger partial charge in [0.15, 0.2) is 0 Å². The number of hydrogen-bond donors (Lipinski definition) is 2. The third-order valence-corrected chi connectivity index (χ3v) is 3.98. The van der Waals surface area contributed by atoms with E-state index in [-0.39, 0.29) is 16.9 Å². The van der Waals surface area contributed by atoms with Gasteiger partial charge in [-0.1, -0.05) is 30.0 Å². The lowest BCUT2D eigenvalue weighted by Crippen LogP contribution is -2.27. The maximum Gasteiger partial charge on any atom is 0.253 e. The van der Waals surface area contributed by atoms with E-state index in [0.717, 1.165) is 5.03 Å². The second-order valence-electron chi connectivity index (χ2n) is 4.62. The van der Waals surface area contributed by atoms with Gasteiger partial charge in [0.05, 0.1) is 16.0 Å². The summed E-state index contributed by atoms with van der Waals surface area (Å²) >= 11 is 1.36. The van der Waals surface area contributed by atoms with Gasteiger partial charge in [0, 0.05) is 11.8 Å². The summed E-state index contributed by atoms with van der Waals surface area (Å²) in [5, 5.41) is 14.2. The molecule has 1 atom stereocenters. The number of benzene rings is 1. The third-order valence-electron chi connectivity index (χ3n) is 2.93. The molecule has 2 aromatic rings. The van der Waals surface area contributed by atoms with Crippen molar-refractivity contribution in [3.05, 3.63) is 54.2 Å². The normalized spacial score (nSPS) is 12.7. The summed E-state index contributed by atoms with van der Waals surface area (Å²) in [7, 11) is 0. The van der Waals surface area contributed by atoms with E-state index in [1.165, 1.54) is 11.8 Å². The van der Waals surface area contributed by atoms with Crippen molar-refractivity contribution in [1.82, 2.24) is 10.4 Å². The molecule has 1 aromatic heterocycles. The first-order valence-corrected chi connectivity index (χ1v) is 7.66. The van der Waals surface area contributed by atoms with E-state index >= 15 is 0 Å². The Bertz CT molecular complexity index is 674. The van der Waals surface area contributed by atoms with Gasteiger partial charge in [-0.05, 0) is 38.1 Å². The molecule has 0 unspecified atom stereocenters. The molecule has 0 spiro atoms. The number of hydrazone groups is 1. The summed E-state index contributed by atoms with van der Waals surface area (Å²) in [5.74, 6) is -0.0840. The molecule has 0 fully saturated rings. The first kappa shape index (κ1) is 16.0. The molecule has 2 N–H and O–H groups in total. The number of thioether (sulfide) groups is 1. The molecule has 114 valence electrons. The number of pyridine rings is 1. The van der Waals surface area contributed by atoms with E-state index in [4.69, 9.17) is 0 Å². The van der Waals surface area contributed by atoms with Crippen molar-refractivity contribution < 1.29 is 9.90 Å². The lowest BCUT2D eigenvalue weighted by atomic mass is 10.1. The first-order valence-electron chi connectivity index (χ1n) is 6.78. The largest absolute Gasteiger partial charge is 0.507 e. The Labute approximate surface area is 133 Å². The Morgan fingerprint density at radius 3 is 2.68 bits per heavy atom. The molecule has 6 heteroatoms. The minimum atomic E-state index is -0.323. The van der Waals surface area contributed by atoms with Gasteiger partial charge in [0.2, 0.25) is 0 Å². The van der Waals surface area contributed by atoms with Crippen molar-refractivity contribution in [2.24, 2.45) is 5.10 Å². The maximum atomic E-state index is 12.0. The Balaban J connectivity index is 1.97. The Hall–Kier alpha value is -2.34. The summed E-state index contributed by atoms with van der Waals surface area (Å²) in [5.41, 5.74) is 3.65. The summed E-state index contributed by atoms with van der Waals surface area (Å²) in [6.45, 7) is 3.52. The van der Waals surface area contributed by atoms with E-state index in [1.54, 1.807) is 44.3 Å². The van der Waals surface area contributed by atoms with Crippen LogP contribution in [-0.2, 0) is 4.79 Å². The summed E-state index contributed by atoms with van der Waals surface area (Å²) in [6.07, 6.45) is 1.69. The van der Waals surface area contributed by atoms with E-state index in [9.17, 15) is 9.90 Å². The van der Waals surface area contributed by atoms with Gasteiger partial charge in [0.25, 0.3) is 5.91 Å². The highest BCUT2D eigenvalue weighted by Gasteiger charge is 2.14. The van der Waals surface area contributed by atoms with Gasteiger partial charge in [-0.25, -0.2) is 10.4 Å². The number of phenolic OH excluding ortho intramolecular Hbond substituents is 1. The highest BCUT2D eigenvalue weighted by atomic mass is 32.2. The zero-order chi connectivity index (χ0) is 15.9. The lowest BCUT2D eigenvalue weighted by molar-refractivity contribution is -0.120. The fraction of sp³-hybridized carbons (Fsp3) is 0.188. The molecule has 5 nitrogen and oxygen atoms in total. The highest BCUT2D eigenvalue weighted by Crippen LogP contribution is 2.20. The molecule has 0 aliphatic rings. The molecule has 0 aliphatic carbocycles. The number of carbonyl (C=O) groups excluding carboxylic acids is 1. The van der Waals surface area contributed by atoms with Crippen LogP contribution in [0.2, 0.25) is 0 Å². The minimum absolute atomic E-state index is 0.133. The fourth-order valence-electron chi connectivity index (χ4n) is 1.72. The molecule has 0 radical (unpaired) electrons. The molecular formula is C16H17N3O2S. The SMILES string of the molecule is C/C(=N/NC(=O)[C@H](C)Sc1ccccn1)c1ccccc1O. The fourth-order valence-corrected chi connectivity index (χ4v) is 2.52. The molecule has 1 amide bonds. The molecule has 0 saturated carbocycles. The van der Waals surface area contributed by atoms with Gasteiger partial charge >= 0.3 is 0 Å². The van der Waals surface area contributed by atoms with Crippen LogP contribution in [-0.4, -0.2) is 27.0 Å². The van der Waals surface area contributed by atoms with Crippen molar-refractivity contribution in [3.8, 4) is 5.75 Å². The maximum absolute atomic E-state index is 12.0. The van der Waals surface area contributed by atoms with Crippen LogP contribution >= 0.6 is 11.8 Å². The standard InChI is InChI=1S/C16H17N3O2S/c1-11(13-7-3-4-8-14(13)20)18-19-16(21)12(2)22-15-9-5-6-10-17-15/h3-10,12,20H,1-2H3,(H,19,21)/b18-11-/t12-/m0/s1. The molecule has 0 saturated heterocycles. The van der Waals surface area contributed by atoms with Crippen LogP contribution in [0.15, 0.2) is 58.8 Å². The van der Waals surface area contributed by atoms with E-state index in [2.05, 4.69) is 15.5 Å². The number of carbonyl (C=O) groups is 1. The molecule has 1 aromatic carbocycles. The third kappa shape index (κ3) is 4.33. The molecule has 0 aliphatic heterocycles. The van der Waals surface area contributed by atoms with E-state index in [1.807, 2.05) is 18.2 Å². The number of aromatic hydroxyl groups is 1. The highest BCUT2D eigenvalue weighted by molar-refractivity contribution is 8.00. The van der Waals surface area contributed by atoms with Gasteiger partial charge in [-0.15, -0.1) is 0 Å². The number of amides is 1. The van der Waals surface area contributed by atoms with Gasteiger partial charge in [0.1, 0.15) is 5.75 Å². The van der Waals surface area contributed by atoms with Gasteiger partial charge in [-0.3, -0.25) is 4.79 Å². The summed E-state index contributed by atoms with van der Waals surface area (Å²) in [6, 6.07) is 12.4. The van der Waals surface area contributed by atoms with Crippen molar-refractivity contribution in [1.29, 1.82) is 0 Å². The average molecular weight is 315 g/mol. The minimum Gasteiger partial charge on any atom is -0.507 e. The zero-order valence-electron chi connectivity index (χ0n) is 12.4. The van der Waals surface area contributed by atoms with Gasteiger partial charge in [-0.2, -0.15) is 5.10 Å². The Morgan fingerprint density at radius 1 is 1.27 bits per heavy atom. The molecule has 22 heavy (non-hydrogen) atoms. The Kier molecular flexibility index (Phi) is 5.55. The molecular weight excluding hydrogens is 298 g/mol. The number of phenols is 1. The smallest absolute Gasteiger partial charge is 0.253 e. The first-order chi connectivity index (χ1) is 10.6. The number of rotatable bonds is 5. The zero-order valence-corrected chi connectivity index (χ0v) is 13.2. The van der Waals surface area contributed by atoms with Crippen molar-refractivity contribution in [2.75, 3.05) is 0 Å². The second-order valence-corrected chi connectivity index (χ2v) is 5.98. The predicted octanol–water partition coefficient (Wildman–Crippen LogP) is 2.81. The average Bonchev–Trinajstić information content (AvgIpc) is 2.53. The molecule has 0 bridgehead atoms. The number of aromatic nitrogens is 1. The molecule has 1 heterocycles. The van der Waals surface area contributed by atoms with E-state index in [0.29, 0.717) is 11.3 Å². The lowest BCUT2D eigenvalue weighted by Gasteiger charge is -2.09. The quantitative estimate of drug-likeness (QED) is 0.505. The number of nitrogens with zero attached hydrogens (tertiary/aromatic N) is 2. The van der Waals surface area contributed by atoms with Crippen LogP contribution < -0.4 is 5.43 Å². The van der Waals surface area contributed by atoms with Crippen LogP contribution in [0.3, 0.4) is 0 Å². The Morgan fingerprint density at radius 2 is 2.00 bits per heavy atom. The van der Waals surface area contributed by atoms with Crippen LogP contribution in [0, 0.1) is 0 Å². The predicted molar refractivity (Wildman–Crippen MR) is 88.0 cm³/mol. The van der Waals surface area contributed by atoms with E-state index < -0.39 is 0 Å². The number of nitrogens with one attached hydrogen (secondary N) is 1. The van der Waals surface area contributed by atoms with Gasteiger partial charge < -0.3 is 5.11 Å². The van der Waals surface area contributed by atoms with Crippen molar-refractivity contribution in [2.45, 2.75) is 24.1 Å². The topological polar surface area (TPSA) is 74.6 Å². The van der Waals surface area contributed by atoms with Crippen molar-refractivity contribution in [3.63, 3.8) is 0 Å². The van der Waals surface area contributed by atoms with Crippen LogP contribution in [0.25, 0.3) is 0 Å². The number of para-hydroxylation sites is 1. The monoisotopic (exact) mass is 315 g/mol. The van der Waals surface area contributed by atoms with Crippen molar-refractivity contribution >= 4 is 23.4 Å². The number of hydrogen-bond acceptors (Lipinski definition) is 5. The van der Waals surface area contributed by atoms with Crippen LogP contribution in [0.1, 0.15) is 19.4 Å². The second kappa shape index (κ2) is 7.61. The van der Waals surface area contributed by atoms with Crippen LogP contribution in [0.4, 0.5) is 0 Å². The molecule has 2 rings (SSSR count).